The van der Waals surface area contributed by atoms with Crippen molar-refractivity contribution in [3.05, 3.63) is 82.4 Å². The fourth-order valence-corrected chi connectivity index (χ4v) is 2.93. The predicted molar refractivity (Wildman–Crippen MR) is 97.8 cm³/mol. The smallest absolute Gasteiger partial charge is 0.256 e. The number of amides is 1. The highest BCUT2D eigenvalue weighted by Gasteiger charge is 2.20. The van der Waals surface area contributed by atoms with Crippen molar-refractivity contribution in [2.45, 2.75) is 19.9 Å². The van der Waals surface area contributed by atoms with Crippen molar-refractivity contribution in [1.82, 2.24) is 20.1 Å². The molecule has 3 aromatic rings. The average Bonchev–Trinajstić information content (AvgIpc) is 2.90. The molecule has 0 atom stereocenters. The molecule has 3 rings (SSSR count). The highest BCUT2D eigenvalue weighted by molar-refractivity contribution is 6.33. The Morgan fingerprint density at radius 3 is 2.64 bits per heavy atom. The lowest BCUT2D eigenvalue weighted by atomic mass is 10.2. The first-order chi connectivity index (χ1) is 12.1. The minimum Gasteiger partial charge on any atom is -0.351 e. The summed E-state index contributed by atoms with van der Waals surface area (Å²) in [5.41, 5.74) is 3.06. The van der Waals surface area contributed by atoms with E-state index in [9.17, 15) is 4.79 Å². The van der Waals surface area contributed by atoms with E-state index < -0.39 is 0 Å². The summed E-state index contributed by atoms with van der Waals surface area (Å²) >= 11 is 6.40. The molecule has 1 amide bonds. The molecular weight excluding hydrogens is 336 g/mol. The van der Waals surface area contributed by atoms with Crippen LogP contribution in [0.1, 0.15) is 27.3 Å². The molecule has 2 aromatic heterocycles. The van der Waals surface area contributed by atoms with Crippen molar-refractivity contribution >= 4 is 17.5 Å². The predicted octanol–water partition coefficient (Wildman–Crippen LogP) is 3.26. The molecule has 1 aromatic carbocycles. The molecule has 0 unspecified atom stereocenters. The highest BCUT2D eigenvalue weighted by atomic mass is 35.5. The van der Waals surface area contributed by atoms with Crippen LogP contribution in [0.5, 0.6) is 0 Å². The largest absolute Gasteiger partial charge is 0.351 e. The molecule has 6 heteroatoms. The minimum atomic E-state index is -0.210. The number of carbonyl (C=O) groups is 1. The van der Waals surface area contributed by atoms with Crippen LogP contribution in [-0.2, 0) is 13.0 Å². The normalized spacial score (nSPS) is 10.6. The SMILES string of the molecule is Cc1nn(Cc2ccccc2)c(Cl)c1C(=O)NCCc1ccccn1. The van der Waals surface area contributed by atoms with Gasteiger partial charge in [0.25, 0.3) is 5.91 Å². The lowest BCUT2D eigenvalue weighted by Crippen LogP contribution is -2.26. The maximum Gasteiger partial charge on any atom is 0.256 e. The third-order valence-corrected chi connectivity index (χ3v) is 4.24. The molecule has 25 heavy (non-hydrogen) atoms. The number of benzene rings is 1. The Labute approximate surface area is 151 Å². The molecule has 0 aliphatic rings. The third-order valence-electron chi connectivity index (χ3n) is 3.86. The summed E-state index contributed by atoms with van der Waals surface area (Å²) in [4.78, 5) is 16.7. The van der Waals surface area contributed by atoms with Gasteiger partial charge in [-0.15, -0.1) is 0 Å². The second kappa shape index (κ2) is 7.94. The third kappa shape index (κ3) is 4.25. The fraction of sp³-hybridized carbons (Fsp3) is 0.211. The molecule has 0 saturated carbocycles. The van der Waals surface area contributed by atoms with Crippen LogP contribution in [0.2, 0.25) is 5.15 Å². The Morgan fingerprint density at radius 2 is 1.92 bits per heavy atom. The molecule has 128 valence electrons. The number of pyridine rings is 1. The standard InChI is InChI=1S/C19H19ClN4O/c1-14-17(19(25)22-12-10-16-9-5-6-11-21-16)18(20)24(23-14)13-15-7-3-2-4-8-15/h2-9,11H,10,12-13H2,1H3,(H,22,25). The van der Waals surface area contributed by atoms with Gasteiger partial charge in [0.2, 0.25) is 0 Å². The lowest BCUT2D eigenvalue weighted by molar-refractivity contribution is 0.0953. The zero-order valence-electron chi connectivity index (χ0n) is 13.9. The molecule has 0 radical (unpaired) electrons. The zero-order chi connectivity index (χ0) is 17.6. The highest BCUT2D eigenvalue weighted by Crippen LogP contribution is 2.20. The number of carbonyl (C=O) groups excluding carboxylic acids is 1. The molecule has 0 bridgehead atoms. The summed E-state index contributed by atoms with van der Waals surface area (Å²) in [6, 6.07) is 15.6. The van der Waals surface area contributed by atoms with Crippen LogP contribution in [0.25, 0.3) is 0 Å². The lowest BCUT2D eigenvalue weighted by Gasteiger charge is -2.06. The Balaban J connectivity index is 1.66. The summed E-state index contributed by atoms with van der Waals surface area (Å²) in [6.07, 6.45) is 2.41. The van der Waals surface area contributed by atoms with E-state index in [2.05, 4.69) is 15.4 Å². The van der Waals surface area contributed by atoms with E-state index >= 15 is 0 Å². The molecule has 1 N–H and O–H groups in total. The fourth-order valence-electron chi connectivity index (χ4n) is 2.61. The Bertz CT molecular complexity index is 847. The quantitative estimate of drug-likeness (QED) is 0.739. The van der Waals surface area contributed by atoms with Crippen molar-refractivity contribution in [3.63, 3.8) is 0 Å². The van der Waals surface area contributed by atoms with E-state index in [0.29, 0.717) is 35.9 Å². The zero-order valence-corrected chi connectivity index (χ0v) is 14.7. The Morgan fingerprint density at radius 1 is 1.16 bits per heavy atom. The Hall–Kier alpha value is -2.66. The molecule has 0 aliphatic carbocycles. The molecule has 0 aliphatic heterocycles. The maximum atomic E-state index is 12.5. The summed E-state index contributed by atoms with van der Waals surface area (Å²) in [6.45, 7) is 2.82. The number of aryl methyl sites for hydroxylation is 1. The van der Waals surface area contributed by atoms with Gasteiger partial charge in [-0.05, 0) is 24.6 Å². The minimum absolute atomic E-state index is 0.210. The van der Waals surface area contributed by atoms with Crippen molar-refractivity contribution in [2.24, 2.45) is 0 Å². The van der Waals surface area contributed by atoms with Crippen molar-refractivity contribution < 1.29 is 4.79 Å². The van der Waals surface area contributed by atoms with Gasteiger partial charge < -0.3 is 5.32 Å². The number of nitrogens with one attached hydrogen (secondary N) is 1. The van der Waals surface area contributed by atoms with Gasteiger partial charge in [-0.3, -0.25) is 9.78 Å². The summed E-state index contributed by atoms with van der Waals surface area (Å²) in [5, 5.41) is 7.65. The van der Waals surface area contributed by atoms with Crippen LogP contribution in [0, 0.1) is 6.92 Å². The summed E-state index contributed by atoms with van der Waals surface area (Å²) in [7, 11) is 0. The number of hydrogen-bond donors (Lipinski definition) is 1. The van der Waals surface area contributed by atoms with Gasteiger partial charge in [-0.2, -0.15) is 5.10 Å². The van der Waals surface area contributed by atoms with Gasteiger partial charge in [0.15, 0.2) is 0 Å². The Kier molecular flexibility index (Phi) is 5.46. The first kappa shape index (κ1) is 17.2. The van der Waals surface area contributed by atoms with Crippen molar-refractivity contribution in [1.29, 1.82) is 0 Å². The summed E-state index contributed by atoms with van der Waals surface area (Å²) in [5.74, 6) is -0.210. The molecular formula is C19H19ClN4O. The van der Waals surface area contributed by atoms with Crippen LogP contribution in [0.15, 0.2) is 54.7 Å². The van der Waals surface area contributed by atoms with Crippen LogP contribution in [0.4, 0.5) is 0 Å². The molecule has 2 heterocycles. The van der Waals surface area contributed by atoms with E-state index in [4.69, 9.17) is 11.6 Å². The monoisotopic (exact) mass is 354 g/mol. The van der Waals surface area contributed by atoms with Gasteiger partial charge in [-0.25, -0.2) is 4.68 Å². The number of hydrogen-bond acceptors (Lipinski definition) is 3. The number of rotatable bonds is 6. The van der Waals surface area contributed by atoms with Gasteiger partial charge in [0.05, 0.1) is 17.8 Å². The molecule has 0 saturated heterocycles. The van der Waals surface area contributed by atoms with Gasteiger partial charge in [0, 0.05) is 24.9 Å². The van der Waals surface area contributed by atoms with E-state index in [-0.39, 0.29) is 5.91 Å². The van der Waals surface area contributed by atoms with Crippen molar-refractivity contribution in [2.75, 3.05) is 6.54 Å². The van der Waals surface area contributed by atoms with Gasteiger partial charge in [-0.1, -0.05) is 48.0 Å². The van der Waals surface area contributed by atoms with Crippen LogP contribution >= 0.6 is 11.6 Å². The number of aromatic nitrogens is 3. The van der Waals surface area contributed by atoms with E-state index in [0.717, 1.165) is 11.3 Å². The topological polar surface area (TPSA) is 59.8 Å². The van der Waals surface area contributed by atoms with E-state index in [1.807, 2.05) is 48.5 Å². The van der Waals surface area contributed by atoms with E-state index in [1.165, 1.54) is 0 Å². The molecule has 0 spiro atoms. The van der Waals surface area contributed by atoms with Crippen LogP contribution in [-0.4, -0.2) is 27.2 Å². The second-order valence-corrected chi connectivity index (χ2v) is 6.08. The van der Waals surface area contributed by atoms with Crippen LogP contribution < -0.4 is 5.32 Å². The average molecular weight is 355 g/mol. The molecule has 0 fully saturated rings. The van der Waals surface area contributed by atoms with Crippen molar-refractivity contribution in [3.8, 4) is 0 Å². The number of nitrogens with zero attached hydrogens (tertiary/aromatic N) is 3. The first-order valence-electron chi connectivity index (χ1n) is 8.10. The van der Waals surface area contributed by atoms with Gasteiger partial charge >= 0.3 is 0 Å². The van der Waals surface area contributed by atoms with Gasteiger partial charge in [0.1, 0.15) is 5.15 Å². The molecule has 5 nitrogen and oxygen atoms in total. The summed E-state index contributed by atoms with van der Waals surface area (Å²) < 4.78 is 1.65. The van der Waals surface area contributed by atoms with Crippen LogP contribution in [0.3, 0.4) is 0 Å². The maximum absolute atomic E-state index is 12.5. The first-order valence-corrected chi connectivity index (χ1v) is 8.48. The second-order valence-electron chi connectivity index (χ2n) is 5.72. The number of halogens is 1. The van der Waals surface area contributed by atoms with E-state index in [1.54, 1.807) is 17.8 Å².